The molecule has 0 aromatic carbocycles. The molecule has 14 heavy (non-hydrogen) atoms. The Bertz CT molecular complexity index is 252. The maximum absolute atomic E-state index is 9.41. The minimum atomic E-state index is 0.255. The Morgan fingerprint density at radius 1 is 1.43 bits per heavy atom. The number of aromatic amines is 1. The summed E-state index contributed by atoms with van der Waals surface area (Å²) in [5, 5.41) is 12.8. The Morgan fingerprint density at radius 3 is 2.79 bits per heavy atom. The van der Waals surface area contributed by atoms with E-state index in [0.29, 0.717) is 11.8 Å². The van der Waals surface area contributed by atoms with Crippen molar-refractivity contribution < 1.29 is 5.11 Å². The molecule has 1 aromatic heterocycles. The SMILES string of the molecule is OCC(c1ccc[nH]1)C1CCNCC1. The predicted molar refractivity (Wildman–Crippen MR) is 56.2 cm³/mol. The van der Waals surface area contributed by atoms with Crippen molar-refractivity contribution in [3.8, 4) is 0 Å². The van der Waals surface area contributed by atoms with E-state index in [-0.39, 0.29) is 6.61 Å². The molecular formula is C11H18N2O. The largest absolute Gasteiger partial charge is 0.396 e. The molecule has 1 unspecified atom stereocenters. The van der Waals surface area contributed by atoms with Gasteiger partial charge in [0.15, 0.2) is 0 Å². The highest BCUT2D eigenvalue weighted by Crippen LogP contribution is 2.29. The Labute approximate surface area is 84.5 Å². The minimum Gasteiger partial charge on any atom is -0.396 e. The van der Waals surface area contributed by atoms with Crippen molar-refractivity contribution >= 4 is 0 Å². The molecule has 1 aliphatic rings. The summed E-state index contributed by atoms with van der Waals surface area (Å²) in [6.07, 6.45) is 4.27. The molecule has 3 heteroatoms. The van der Waals surface area contributed by atoms with Crippen molar-refractivity contribution in [1.82, 2.24) is 10.3 Å². The highest BCUT2D eigenvalue weighted by Gasteiger charge is 2.24. The van der Waals surface area contributed by atoms with Gasteiger partial charge in [0.25, 0.3) is 0 Å². The van der Waals surface area contributed by atoms with Crippen LogP contribution < -0.4 is 5.32 Å². The second kappa shape index (κ2) is 4.62. The number of hydrogen-bond acceptors (Lipinski definition) is 2. The smallest absolute Gasteiger partial charge is 0.0516 e. The van der Waals surface area contributed by atoms with Crippen LogP contribution in [0.3, 0.4) is 0 Å². The first-order valence-electron chi connectivity index (χ1n) is 5.36. The molecule has 2 rings (SSSR count). The lowest BCUT2D eigenvalue weighted by Crippen LogP contribution is -2.32. The summed E-state index contributed by atoms with van der Waals surface area (Å²) >= 11 is 0. The number of rotatable bonds is 3. The van der Waals surface area contributed by atoms with Crippen LogP contribution in [0.25, 0.3) is 0 Å². The Kier molecular flexibility index (Phi) is 3.22. The van der Waals surface area contributed by atoms with Crippen LogP contribution in [-0.2, 0) is 0 Å². The van der Waals surface area contributed by atoms with Crippen LogP contribution in [0.4, 0.5) is 0 Å². The zero-order valence-corrected chi connectivity index (χ0v) is 8.37. The van der Waals surface area contributed by atoms with Gasteiger partial charge < -0.3 is 15.4 Å². The first-order valence-corrected chi connectivity index (χ1v) is 5.36. The van der Waals surface area contributed by atoms with Gasteiger partial charge in [0.1, 0.15) is 0 Å². The van der Waals surface area contributed by atoms with Gasteiger partial charge >= 0.3 is 0 Å². The third kappa shape index (κ3) is 1.99. The topological polar surface area (TPSA) is 48.0 Å². The van der Waals surface area contributed by atoms with Crippen LogP contribution in [0.15, 0.2) is 18.3 Å². The predicted octanol–water partition coefficient (Wildman–Crippen LogP) is 1.09. The molecule has 3 N–H and O–H groups in total. The number of hydrogen-bond donors (Lipinski definition) is 3. The molecule has 1 atom stereocenters. The third-order valence-electron chi connectivity index (χ3n) is 3.17. The summed E-state index contributed by atoms with van der Waals surface area (Å²) in [5.41, 5.74) is 1.18. The number of H-pyrrole nitrogens is 1. The van der Waals surface area contributed by atoms with Crippen LogP contribution >= 0.6 is 0 Å². The Hall–Kier alpha value is -0.800. The molecule has 78 valence electrons. The molecule has 0 spiro atoms. The molecule has 0 aliphatic carbocycles. The summed E-state index contributed by atoms with van der Waals surface area (Å²) in [6, 6.07) is 4.07. The van der Waals surface area contributed by atoms with Gasteiger partial charge in [-0.1, -0.05) is 0 Å². The lowest BCUT2D eigenvalue weighted by Gasteiger charge is -2.28. The quantitative estimate of drug-likeness (QED) is 0.674. The van der Waals surface area contributed by atoms with Crippen LogP contribution in [-0.4, -0.2) is 29.8 Å². The first-order chi connectivity index (χ1) is 6.92. The third-order valence-corrected chi connectivity index (χ3v) is 3.17. The van der Waals surface area contributed by atoms with E-state index >= 15 is 0 Å². The van der Waals surface area contributed by atoms with Crippen LogP contribution in [0.1, 0.15) is 24.5 Å². The number of aliphatic hydroxyl groups is 1. The average Bonchev–Trinajstić information content (AvgIpc) is 2.74. The van der Waals surface area contributed by atoms with Crippen LogP contribution in [0, 0.1) is 5.92 Å². The standard InChI is InChI=1S/C11H18N2O/c14-8-10(11-2-1-5-13-11)9-3-6-12-7-4-9/h1-2,5,9-10,12-14H,3-4,6-8H2. The van der Waals surface area contributed by atoms with Gasteiger partial charge in [-0.3, -0.25) is 0 Å². The first kappa shape index (κ1) is 9.74. The number of aromatic nitrogens is 1. The van der Waals surface area contributed by atoms with E-state index in [2.05, 4.69) is 16.4 Å². The minimum absolute atomic E-state index is 0.255. The van der Waals surface area contributed by atoms with Gasteiger partial charge in [-0.25, -0.2) is 0 Å². The van der Waals surface area contributed by atoms with E-state index in [1.54, 1.807) is 0 Å². The van der Waals surface area contributed by atoms with Gasteiger partial charge in [-0.05, 0) is 44.0 Å². The van der Waals surface area contributed by atoms with Crippen LogP contribution in [0.2, 0.25) is 0 Å². The second-order valence-electron chi connectivity index (χ2n) is 4.00. The lowest BCUT2D eigenvalue weighted by atomic mass is 9.83. The van der Waals surface area contributed by atoms with E-state index in [1.807, 2.05) is 12.3 Å². The molecule has 1 fully saturated rings. The van der Waals surface area contributed by atoms with Crippen molar-refractivity contribution in [3.05, 3.63) is 24.0 Å². The number of piperidine rings is 1. The molecule has 0 saturated carbocycles. The van der Waals surface area contributed by atoms with E-state index in [0.717, 1.165) is 13.1 Å². The van der Waals surface area contributed by atoms with Gasteiger partial charge in [0.05, 0.1) is 6.61 Å². The molecule has 0 amide bonds. The van der Waals surface area contributed by atoms with E-state index < -0.39 is 0 Å². The maximum atomic E-state index is 9.41. The molecular weight excluding hydrogens is 176 g/mol. The second-order valence-corrected chi connectivity index (χ2v) is 4.00. The highest BCUT2D eigenvalue weighted by atomic mass is 16.3. The molecule has 1 aromatic rings. The monoisotopic (exact) mass is 194 g/mol. The van der Waals surface area contributed by atoms with Crippen molar-refractivity contribution in [3.63, 3.8) is 0 Å². The average molecular weight is 194 g/mol. The van der Waals surface area contributed by atoms with Gasteiger partial charge in [-0.2, -0.15) is 0 Å². The normalized spacial score (nSPS) is 20.9. The van der Waals surface area contributed by atoms with E-state index in [4.69, 9.17) is 0 Å². The van der Waals surface area contributed by atoms with E-state index in [9.17, 15) is 5.11 Å². The number of nitrogens with one attached hydrogen (secondary N) is 2. The lowest BCUT2D eigenvalue weighted by molar-refractivity contribution is 0.199. The van der Waals surface area contributed by atoms with E-state index in [1.165, 1.54) is 18.5 Å². The molecule has 2 heterocycles. The highest BCUT2D eigenvalue weighted by molar-refractivity contribution is 5.11. The fraction of sp³-hybridized carbons (Fsp3) is 0.636. The molecule has 0 radical (unpaired) electrons. The van der Waals surface area contributed by atoms with Crippen molar-refractivity contribution in [1.29, 1.82) is 0 Å². The van der Waals surface area contributed by atoms with Crippen LogP contribution in [0.5, 0.6) is 0 Å². The summed E-state index contributed by atoms with van der Waals surface area (Å²) < 4.78 is 0. The van der Waals surface area contributed by atoms with Gasteiger partial charge in [0.2, 0.25) is 0 Å². The fourth-order valence-corrected chi connectivity index (χ4v) is 2.32. The molecule has 1 saturated heterocycles. The van der Waals surface area contributed by atoms with Crippen molar-refractivity contribution in [2.75, 3.05) is 19.7 Å². The van der Waals surface area contributed by atoms with Gasteiger partial charge in [-0.15, -0.1) is 0 Å². The zero-order chi connectivity index (χ0) is 9.80. The molecule has 0 bridgehead atoms. The fourth-order valence-electron chi connectivity index (χ4n) is 2.32. The summed E-state index contributed by atoms with van der Waals surface area (Å²) in [4.78, 5) is 3.21. The van der Waals surface area contributed by atoms with Gasteiger partial charge in [0, 0.05) is 17.8 Å². The number of aliphatic hydroxyl groups excluding tert-OH is 1. The Morgan fingerprint density at radius 2 is 2.21 bits per heavy atom. The summed E-state index contributed by atoms with van der Waals surface area (Å²) in [6.45, 7) is 2.43. The Balaban J connectivity index is 2.04. The molecule has 3 nitrogen and oxygen atoms in total. The molecule has 1 aliphatic heterocycles. The summed E-state index contributed by atoms with van der Waals surface area (Å²) in [5.74, 6) is 0.923. The summed E-state index contributed by atoms with van der Waals surface area (Å²) in [7, 11) is 0. The zero-order valence-electron chi connectivity index (χ0n) is 8.37. The maximum Gasteiger partial charge on any atom is 0.0516 e. The van der Waals surface area contributed by atoms with Crippen molar-refractivity contribution in [2.45, 2.75) is 18.8 Å². The van der Waals surface area contributed by atoms with Crippen molar-refractivity contribution in [2.24, 2.45) is 5.92 Å².